The quantitative estimate of drug-likeness (QED) is 0.230. The molecule has 11 heteroatoms. The van der Waals surface area contributed by atoms with Gasteiger partial charge in [-0.1, -0.05) is 17.7 Å². The molecule has 0 aliphatic rings. The van der Waals surface area contributed by atoms with E-state index in [1.165, 1.54) is 32.2 Å². The summed E-state index contributed by atoms with van der Waals surface area (Å²) in [7, 11) is 1.50. The summed E-state index contributed by atoms with van der Waals surface area (Å²) in [5.74, 6) is -1.24. The molecule has 0 amide bonds. The van der Waals surface area contributed by atoms with Crippen LogP contribution in [0.3, 0.4) is 0 Å². The Bertz CT molecular complexity index is 1550. The van der Waals surface area contributed by atoms with Crippen molar-refractivity contribution < 1.29 is 42.1 Å². The number of methoxy groups -OCH3 is 1. The van der Waals surface area contributed by atoms with Gasteiger partial charge in [-0.15, -0.1) is 13.2 Å². The molecule has 204 valence electrons. The minimum Gasteiger partial charge on any atom is -0.497 e. The van der Waals surface area contributed by atoms with Crippen molar-refractivity contribution in [2.75, 3.05) is 7.11 Å². The van der Waals surface area contributed by atoms with Crippen LogP contribution in [0.25, 0.3) is 10.9 Å². The molecule has 0 unspecified atom stereocenters. The summed E-state index contributed by atoms with van der Waals surface area (Å²) < 4.78 is 55.3. The number of benzene rings is 3. The highest BCUT2D eigenvalue weighted by atomic mass is 35.5. The van der Waals surface area contributed by atoms with E-state index >= 15 is 0 Å². The molecule has 0 radical (unpaired) electrons. The van der Waals surface area contributed by atoms with Gasteiger partial charge < -0.3 is 23.9 Å². The molecule has 0 saturated carbocycles. The first-order valence-electron chi connectivity index (χ1n) is 11.6. The van der Waals surface area contributed by atoms with Crippen molar-refractivity contribution in [2.45, 2.75) is 32.9 Å². The molecule has 0 aliphatic carbocycles. The second kappa shape index (κ2) is 10.9. The number of ketones is 1. The molecule has 3 aromatic carbocycles. The highest BCUT2D eigenvalue weighted by Gasteiger charge is 2.32. The number of rotatable bonds is 9. The van der Waals surface area contributed by atoms with Gasteiger partial charge in [0.2, 0.25) is 0 Å². The monoisotopic (exact) mass is 561 g/mol. The molecule has 7 nitrogen and oxygen atoms in total. The Hall–Kier alpha value is -4.18. The first-order chi connectivity index (χ1) is 18.4. The van der Waals surface area contributed by atoms with E-state index in [4.69, 9.17) is 21.1 Å². The maximum atomic E-state index is 13.6. The maximum absolute atomic E-state index is 13.6. The molecular weight excluding hydrogens is 539 g/mol. The second-order valence-electron chi connectivity index (χ2n) is 8.69. The van der Waals surface area contributed by atoms with Crippen molar-refractivity contribution in [1.29, 1.82) is 0 Å². The van der Waals surface area contributed by atoms with Gasteiger partial charge in [0.1, 0.15) is 17.2 Å². The Morgan fingerprint density at radius 1 is 1.03 bits per heavy atom. The van der Waals surface area contributed by atoms with Gasteiger partial charge in [-0.05, 0) is 67.9 Å². The molecule has 1 aromatic heterocycles. The number of hydrogen-bond donors (Lipinski definition) is 1. The van der Waals surface area contributed by atoms with E-state index in [-0.39, 0.29) is 23.1 Å². The maximum Gasteiger partial charge on any atom is 0.573 e. The summed E-state index contributed by atoms with van der Waals surface area (Å²) in [6.07, 6.45) is -6.06. The molecule has 4 rings (SSSR count). The van der Waals surface area contributed by atoms with Crippen molar-refractivity contribution in [2.24, 2.45) is 0 Å². The Morgan fingerprint density at radius 2 is 1.69 bits per heavy atom. The second-order valence-corrected chi connectivity index (χ2v) is 9.10. The minimum atomic E-state index is -4.90. The number of aromatic nitrogens is 1. The lowest BCUT2D eigenvalue weighted by atomic mass is 10.0. The topological polar surface area (TPSA) is 87.0 Å². The van der Waals surface area contributed by atoms with E-state index < -0.39 is 24.2 Å². The SMILES string of the molecule is COc1ccc(C(=O)c2c(C)n(Cc3ccc(Cl)c(O[C@H](C)C(=O)O)c3)c3cc(OC(F)(F)F)ccc23)cc1. The summed E-state index contributed by atoms with van der Waals surface area (Å²) in [6.45, 7) is 3.16. The average Bonchev–Trinajstić information content (AvgIpc) is 3.14. The number of fused-ring (bicyclic) bond motifs is 1. The summed E-state index contributed by atoms with van der Waals surface area (Å²) in [5, 5.41) is 9.80. The van der Waals surface area contributed by atoms with Crippen LogP contribution >= 0.6 is 11.6 Å². The van der Waals surface area contributed by atoms with Crippen LogP contribution in [-0.4, -0.2) is 41.0 Å². The van der Waals surface area contributed by atoms with Gasteiger partial charge in [0, 0.05) is 29.3 Å². The lowest BCUT2D eigenvalue weighted by Gasteiger charge is -2.15. The van der Waals surface area contributed by atoms with Gasteiger partial charge in [0.25, 0.3) is 0 Å². The fraction of sp³-hybridized carbons (Fsp3) is 0.214. The molecule has 0 aliphatic heterocycles. The van der Waals surface area contributed by atoms with Crippen molar-refractivity contribution in [3.63, 3.8) is 0 Å². The van der Waals surface area contributed by atoms with E-state index in [1.807, 2.05) is 0 Å². The zero-order valence-electron chi connectivity index (χ0n) is 21.0. The van der Waals surface area contributed by atoms with Crippen LogP contribution in [-0.2, 0) is 11.3 Å². The fourth-order valence-corrected chi connectivity index (χ4v) is 4.35. The van der Waals surface area contributed by atoms with Crippen molar-refractivity contribution >= 4 is 34.3 Å². The molecule has 4 aromatic rings. The van der Waals surface area contributed by atoms with E-state index in [0.717, 1.165) is 6.07 Å². The van der Waals surface area contributed by atoms with E-state index in [2.05, 4.69) is 4.74 Å². The molecule has 1 atom stereocenters. The van der Waals surface area contributed by atoms with Gasteiger partial charge in [0.05, 0.1) is 23.2 Å². The minimum absolute atomic E-state index is 0.114. The summed E-state index contributed by atoms with van der Waals surface area (Å²) in [4.78, 5) is 24.8. The molecule has 0 bridgehead atoms. The van der Waals surface area contributed by atoms with Crippen LogP contribution in [0.1, 0.15) is 34.1 Å². The predicted molar refractivity (Wildman–Crippen MR) is 138 cm³/mol. The van der Waals surface area contributed by atoms with E-state index in [1.54, 1.807) is 47.9 Å². The summed E-state index contributed by atoms with van der Waals surface area (Å²) in [6, 6.07) is 15.1. The molecule has 1 N–H and O–H groups in total. The van der Waals surface area contributed by atoms with Crippen LogP contribution in [0.2, 0.25) is 5.02 Å². The van der Waals surface area contributed by atoms with Crippen molar-refractivity contribution in [1.82, 2.24) is 4.57 Å². The standard InChI is InChI=1S/C28H23ClF3NO6/c1-15-25(26(34)18-5-7-19(37-3)8-6-18)21-10-9-20(39-28(30,31)32)13-23(21)33(15)14-17-4-11-22(29)24(12-17)38-16(2)27(35)36/h4-13,16H,14H2,1-3H3,(H,35,36)/t16-/m1/s1. The van der Waals surface area contributed by atoms with E-state index in [0.29, 0.717) is 39.0 Å². The molecule has 39 heavy (non-hydrogen) atoms. The molecule has 1 heterocycles. The fourth-order valence-electron chi connectivity index (χ4n) is 4.19. The van der Waals surface area contributed by atoms with Crippen LogP contribution in [0, 0.1) is 6.92 Å². The van der Waals surface area contributed by atoms with Crippen molar-refractivity contribution in [3.8, 4) is 17.2 Å². The Kier molecular flexibility index (Phi) is 7.78. The number of carboxylic acid groups (broad SMARTS) is 1. The first-order valence-corrected chi connectivity index (χ1v) is 12.0. The molecule has 0 saturated heterocycles. The number of hydrogen-bond acceptors (Lipinski definition) is 5. The zero-order chi connectivity index (χ0) is 28.5. The van der Waals surface area contributed by atoms with Gasteiger partial charge >= 0.3 is 12.3 Å². The van der Waals surface area contributed by atoms with Gasteiger partial charge in [-0.3, -0.25) is 4.79 Å². The number of carbonyl (C=O) groups excluding carboxylic acids is 1. The van der Waals surface area contributed by atoms with Crippen LogP contribution in [0.15, 0.2) is 60.7 Å². The number of alkyl halides is 3. The first kappa shape index (κ1) is 27.8. The van der Waals surface area contributed by atoms with Gasteiger partial charge in [-0.2, -0.15) is 0 Å². The van der Waals surface area contributed by atoms with Gasteiger partial charge in [-0.25, -0.2) is 4.79 Å². The highest BCUT2D eigenvalue weighted by Crippen LogP contribution is 2.34. The Balaban J connectivity index is 1.82. The number of carboxylic acids is 1. The Morgan fingerprint density at radius 3 is 2.31 bits per heavy atom. The van der Waals surface area contributed by atoms with E-state index in [9.17, 15) is 27.9 Å². The third kappa shape index (κ3) is 6.12. The van der Waals surface area contributed by atoms with Crippen LogP contribution in [0.5, 0.6) is 17.2 Å². The van der Waals surface area contributed by atoms with Crippen LogP contribution < -0.4 is 14.2 Å². The Labute approximate surface area is 226 Å². The lowest BCUT2D eigenvalue weighted by Crippen LogP contribution is -2.23. The molecule has 0 fully saturated rings. The summed E-state index contributed by atoms with van der Waals surface area (Å²) >= 11 is 6.19. The number of carbonyl (C=O) groups is 2. The third-order valence-electron chi connectivity index (χ3n) is 6.10. The number of aliphatic carboxylic acids is 1. The van der Waals surface area contributed by atoms with Crippen molar-refractivity contribution in [3.05, 3.63) is 88.1 Å². The lowest BCUT2D eigenvalue weighted by molar-refractivity contribution is -0.274. The largest absolute Gasteiger partial charge is 0.573 e. The molecule has 0 spiro atoms. The number of nitrogens with zero attached hydrogens (tertiary/aromatic N) is 1. The smallest absolute Gasteiger partial charge is 0.497 e. The van der Waals surface area contributed by atoms with Gasteiger partial charge in [0.15, 0.2) is 11.9 Å². The van der Waals surface area contributed by atoms with Crippen LogP contribution in [0.4, 0.5) is 13.2 Å². The number of ether oxygens (including phenoxy) is 3. The average molecular weight is 562 g/mol. The summed E-state index contributed by atoms with van der Waals surface area (Å²) in [5.41, 5.74) is 2.14. The number of halogens is 4. The third-order valence-corrected chi connectivity index (χ3v) is 6.41. The highest BCUT2D eigenvalue weighted by molar-refractivity contribution is 6.32. The normalized spacial score (nSPS) is 12.3. The molecular formula is C28H23ClF3NO6. The predicted octanol–water partition coefficient (Wildman–Crippen LogP) is 6.64. The zero-order valence-corrected chi connectivity index (χ0v) is 21.8.